The Bertz CT molecular complexity index is 1220. The van der Waals surface area contributed by atoms with Gasteiger partial charge in [0.05, 0.1) is 27.9 Å². The van der Waals surface area contributed by atoms with Crippen molar-refractivity contribution in [3.8, 4) is 11.9 Å². The van der Waals surface area contributed by atoms with E-state index in [1.807, 2.05) is 6.07 Å². The van der Waals surface area contributed by atoms with Crippen LogP contribution in [-0.2, 0) is 0 Å². The molecule has 0 aliphatic heterocycles. The number of halogens is 2. The van der Waals surface area contributed by atoms with Crippen LogP contribution in [0.5, 0.6) is 0 Å². The predicted molar refractivity (Wildman–Crippen MR) is 111 cm³/mol. The minimum absolute atomic E-state index is 0.0459. The average Bonchev–Trinajstić information content (AvgIpc) is 3.10. The first kappa shape index (κ1) is 17.8. The molecule has 29 heavy (non-hydrogen) atoms. The molecule has 0 saturated carbocycles. The number of aryl methyl sites for hydroxylation is 1. The Morgan fingerprint density at radius 1 is 1.34 bits per heavy atom. The van der Waals surface area contributed by atoms with Crippen molar-refractivity contribution in [3.63, 3.8) is 0 Å². The van der Waals surface area contributed by atoms with Gasteiger partial charge in [0.2, 0.25) is 0 Å². The summed E-state index contributed by atoms with van der Waals surface area (Å²) in [5.41, 5.74) is 0.820. The molecule has 2 aromatic heterocycles. The van der Waals surface area contributed by atoms with E-state index in [1.165, 1.54) is 29.1 Å². The number of nitrogens with one attached hydrogen (secondary N) is 2. The highest BCUT2D eigenvalue weighted by Gasteiger charge is 2.22. The highest BCUT2D eigenvalue weighted by Crippen LogP contribution is 2.26. The van der Waals surface area contributed by atoms with E-state index in [0.29, 0.717) is 10.2 Å². The van der Waals surface area contributed by atoms with E-state index in [2.05, 4.69) is 36.6 Å². The van der Waals surface area contributed by atoms with Gasteiger partial charge < -0.3 is 10.6 Å². The van der Waals surface area contributed by atoms with Crippen molar-refractivity contribution < 1.29 is 12.3 Å². The summed E-state index contributed by atoms with van der Waals surface area (Å²) in [5.74, 6) is -1.15. The third kappa shape index (κ3) is 4.13. The van der Waals surface area contributed by atoms with Gasteiger partial charge in [-0.05, 0) is 52.7 Å². The normalized spacial score (nSPS) is 11.4. The second-order valence-electron chi connectivity index (χ2n) is 5.83. The number of aromatic nitrogens is 3. The average molecular weight is 476 g/mol. The molecule has 3 rings (SSSR count). The zero-order valence-corrected chi connectivity index (χ0v) is 17.2. The maximum Gasteiger partial charge on any atom is 0.274 e. The zero-order chi connectivity index (χ0) is 22.7. The molecular weight excluding hydrogens is 460 g/mol. The number of rotatable bonds is 4. The Kier molecular flexibility index (Phi) is 5.19. The van der Waals surface area contributed by atoms with Gasteiger partial charge in [0.15, 0.2) is 5.82 Å². The van der Waals surface area contributed by atoms with Gasteiger partial charge in [-0.15, -0.1) is 0 Å². The summed E-state index contributed by atoms with van der Waals surface area (Å²) in [4.78, 5) is 29.7. The lowest BCUT2D eigenvalue weighted by Crippen LogP contribution is -2.24. The van der Waals surface area contributed by atoms with Crippen molar-refractivity contribution in [2.75, 3.05) is 12.3 Å². The SMILES string of the molecule is [2H]C([2H])NC(=O)c1cc(C#N)cc(C)c1NC(=O)c1cc(Br)nn1-c1ncccc1Cl. The summed E-state index contributed by atoms with van der Waals surface area (Å²) in [6.07, 6.45) is 1.50. The number of anilines is 1. The molecule has 146 valence electrons. The van der Waals surface area contributed by atoms with Crippen molar-refractivity contribution in [1.29, 1.82) is 5.26 Å². The fourth-order valence-corrected chi connectivity index (χ4v) is 3.24. The molecule has 0 radical (unpaired) electrons. The molecule has 0 bridgehead atoms. The van der Waals surface area contributed by atoms with E-state index in [0.717, 1.165) is 0 Å². The molecular formula is C19H14BrClN6O2. The van der Waals surface area contributed by atoms with Gasteiger partial charge in [0, 0.05) is 22.0 Å². The Hall–Kier alpha value is -3.22. The van der Waals surface area contributed by atoms with Crippen molar-refractivity contribution in [3.05, 3.63) is 68.5 Å². The first-order valence-electron chi connectivity index (χ1n) is 9.24. The maximum absolute atomic E-state index is 13.1. The van der Waals surface area contributed by atoms with Gasteiger partial charge >= 0.3 is 0 Å². The molecule has 1 aromatic carbocycles. The van der Waals surface area contributed by atoms with E-state index in [9.17, 15) is 14.9 Å². The lowest BCUT2D eigenvalue weighted by Gasteiger charge is -2.14. The number of nitrogens with zero attached hydrogens (tertiary/aromatic N) is 4. The van der Waals surface area contributed by atoms with Crippen molar-refractivity contribution in [1.82, 2.24) is 20.1 Å². The fourth-order valence-electron chi connectivity index (χ4n) is 2.66. The van der Waals surface area contributed by atoms with Crippen LogP contribution >= 0.6 is 27.5 Å². The van der Waals surface area contributed by atoms with Crippen LogP contribution in [0.25, 0.3) is 5.82 Å². The highest BCUT2D eigenvalue weighted by molar-refractivity contribution is 9.10. The number of benzene rings is 1. The molecule has 0 aliphatic carbocycles. The van der Waals surface area contributed by atoms with Crippen LogP contribution in [0.15, 0.2) is 41.1 Å². The summed E-state index contributed by atoms with van der Waals surface area (Å²) in [5, 5.41) is 18.5. The van der Waals surface area contributed by atoms with E-state index in [1.54, 1.807) is 19.1 Å². The second-order valence-corrected chi connectivity index (χ2v) is 7.05. The van der Waals surface area contributed by atoms with Crippen molar-refractivity contribution in [2.45, 2.75) is 6.92 Å². The molecule has 3 aromatic rings. The molecule has 0 fully saturated rings. The van der Waals surface area contributed by atoms with Crippen LogP contribution in [0.3, 0.4) is 0 Å². The van der Waals surface area contributed by atoms with Crippen LogP contribution in [0, 0.1) is 18.3 Å². The third-order valence-electron chi connectivity index (χ3n) is 3.93. The Morgan fingerprint density at radius 3 is 2.83 bits per heavy atom. The minimum atomic E-state index is -1.62. The van der Waals surface area contributed by atoms with Gasteiger partial charge in [-0.2, -0.15) is 10.4 Å². The Balaban J connectivity index is 2.05. The van der Waals surface area contributed by atoms with Crippen LogP contribution in [0.2, 0.25) is 5.02 Å². The number of hydrogen-bond acceptors (Lipinski definition) is 5. The van der Waals surface area contributed by atoms with Gasteiger partial charge in [0.1, 0.15) is 10.3 Å². The number of hydrogen-bond donors (Lipinski definition) is 2. The number of carbonyl (C=O) groups excluding carboxylic acids is 2. The van der Waals surface area contributed by atoms with Crippen molar-refractivity contribution in [2.24, 2.45) is 0 Å². The summed E-state index contributed by atoms with van der Waals surface area (Å²) < 4.78 is 16.1. The molecule has 0 atom stereocenters. The largest absolute Gasteiger partial charge is 0.355 e. The predicted octanol–water partition coefficient (Wildman–Crippen LogP) is 3.48. The van der Waals surface area contributed by atoms with Crippen LogP contribution in [0.1, 0.15) is 34.7 Å². The first-order valence-corrected chi connectivity index (χ1v) is 9.26. The lowest BCUT2D eigenvalue weighted by molar-refractivity contribution is 0.0964. The molecule has 2 amide bonds. The Labute approximate surface area is 182 Å². The number of pyridine rings is 1. The van der Waals surface area contributed by atoms with Crippen molar-refractivity contribution >= 4 is 45.0 Å². The Morgan fingerprint density at radius 2 is 2.14 bits per heavy atom. The van der Waals surface area contributed by atoms with Gasteiger partial charge in [0.25, 0.3) is 11.8 Å². The zero-order valence-electron chi connectivity index (χ0n) is 16.9. The summed E-state index contributed by atoms with van der Waals surface area (Å²) in [7, 11) is 0. The minimum Gasteiger partial charge on any atom is -0.355 e. The molecule has 2 heterocycles. The van der Waals surface area contributed by atoms with Gasteiger partial charge in [-0.1, -0.05) is 11.6 Å². The quantitative estimate of drug-likeness (QED) is 0.600. The maximum atomic E-state index is 13.1. The number of amides is 2. The summed E-state index contributed by atoms with van der Waals surface area (Å²) >= 11 is 9.42. The molecule has 0 spiro atoms. The molecule has 2 N–H and O–H groups in total. The van der Waals surface area contributed by atoms with E-state index in [-0.39, 0.29) is 33.3 Å². The summed E-state index contributed by atoms with van der Waals surface area (Å²) in [6.45, 7) is 0.000337. The second kappa shape index (κ2) is 8.43. The summed E-state index contributed by atoms with van der Waals surface area (Å²) in [6, 6.07) is 9.43. The van der Waals surface area contributed by atoms with E-state index in [4.69, 9.17) is 14.3 Å². The molecule has 0 unspecified atom stereocenters. The molecule has 0 aliphatic rings. The van der Waals surface area contributed by atoms with Gasteiger partial charge in [-0.25, -0.2) is 9.67 Å². The first-order chi connectivity index (χ1) is 14.7. The monoisotopic (exact) mass is 474 g/mol. The van der Waals surface area contributed by atoms with Gasteiger partial charge in [-0.3, -0.25) is 9.59 Å². The van der Waals surface area contributed by atoms with Crippen LogP contribution in [0.4, 0.5) is 5.69 Å². The standard InChI is InChI=1S/C19H14BrClN6O2/c1-10-6-11(9-22)7-12(18(28)23-2)16(10)25-19(29)14-8-15(20)26-27(14)17-13(21)4-3-5-24-17/h3-8H,1-2H3,(H,23,28)(H,25,29)/i2D2. The van der Waals surface area contributed by atoms with E-state index < -0.39 is 18.8 Å². The molecule has 8 nitrogen and oxygen atoms in total. The number of nitriles is 1. The molecule has 0 saturated heterocycles. The fraction of sp³-hybridized carbons (Fsp3) is 0.105. The molecule has 10 heteroatoms. The number of carbonyl (C=O) groups is 2. The van der Waals surface area contributed by atoms with Crippen LogP contribution in [-0.4, -0.2) is 33.6 Å². The van der Waals surface area contributed by atoms with Crippen LogP contribution < -0.4 is 10.6 Å². The topological polar surface area (TPSA) is 113 Å². The smallest absolute Gasteiger partial charge is 0.274 e. The van der Waals surface area contributed by atoms with E-state index >= 15 is 0 Å². The third-order valence-corrected chi connectivity index (χ3v) is 4.61. The lowest BCUT2D eigenvalue weighted by atomic mass is 10.0. The highest BCUT2D eigenvalue weighted by atomic mass is 79.9.